The van der Waals surface area contributed by atoms with Gasteiger partial charge < -0.3 is 15.3 Å². The van der Waals surface area contributed by atoms with Crippen LogP contribution in [0.15, 0.2) is 36.5 Å². The first kappa shape index (κ1) is 14.3. The zero-order valence-corrected chi connectivity index (χ0v) is 11.7. The predicted octanol–water partition coefficient (Wildman–Crippen LogP) is 2.47. The van der Waals surface area contributed by atoms with Crippen molar-refractivity contribution in [2.45, 2.75) is 19.4 Å². The molecule has 2 N–H and O–H groups in total. The Morgan fingerprint density at radius 3 is 2.90 bits per heavy atom. The fraction of sp³-hybridized carbons (Fsp3) is 0.333. The lowest BCUT2D eigenvalue weighted by molar-refractivity contribution is 0.167. The Bertz CT molecular complexity index is 593. The Balaban J connectivity index is 2.10. The van der Waals surface area contributed by atoms with E-state index in [2.05, 4.69) is 10.3 Å². The summed E-state index contributed by atoms with van der Waals surface area (Å²) in [5.74, 6) is 0. The van der Waals surface area contributed by atoms with Crippen molar-refractivity contribution < 1.29 is 9.90 Å². The molecule has 0 radical (unpaired) electrons. The van der Waals surface area contributed by atoms with Crippen molar-refractivity contribution in [3.05, 3.63) is 36.5 Å². The number of carbonyl (C=O) groups is 1. The third-order valence-electron chi connectivity index (χ3n) is 3.10. The summed E-state index contributed by atoms with van der Waals surface area (Å²) in [5.41, 5.74) is 1.46. The molecule has 5 nitrogen and oxygen atoms in total. The van der Waals surface area contributed by atoms with E-state index in [1.807, 2.05) is 30.3 Å². The Morgan fingerprint density at radius 2 is 2.15 bits per heavy atom. The first-order chi connectivity index (χ1) is 9.58. The van der Waals surface area contributed by atoms with Crippen molar-refractivity contribution in [1.82, 2.24) is 9.88 Å². The number of fused-ring (bicyclic) bond motifs is 1. The zero-order valence-electron chi connectivity index (χ0n) is 11.7. The number of urea groups is 1. The monoisotopic (exact) mass is 273 g/mol. The van der Waals surface area contributed by atoms with Gasteiger partial charge in [0.1, 0.15) is 0 Å². The van der Waals surface area contributed by atoms with Crippen LogP contribution in [0.3, 0.4) is 0 Å². The van der Waals surface area contributed by atoms with Gasteiger partial charge in [0.25, 0.3) is 0 Å². The van der Waals surface area contributed by atoms with Crippen LogP contribution < -0.4 is 5.32 Å². The van der Waals surface area contributed by atoms with Gasteiger partial charge in [0.15, 0.2) is 0 Å². The van der Waals surface area contributed by atoms with E-state index < -0.39 is 6.10 Å². The largest absolute Gasteiger partial charge is 0.393 e. The van der Waals surface area contributed by atoms with Crippen LogP contribution in [0, 0.1) is 0 Å². The average Bonchev–Trinajstić information content (AvgIpc) is 2.45. The number of amides is 2. The highest BCUT2D eigenvalue weighted by atomic mass is 16.3. The molecule has 1 atom stereocenters. The van der Waals surface area contributed by atoms with E-state index in [4.69, 9.17) is 0 Å². The van der Waals surface area contributed by atoms with Crippen LogP contribution in [0.4, 0.5) is 10.5 Å². The molecule has 1 aromatic carbocycles. The molecule has 106 valence electrons. The molecule has 0 bridgehead atoms. The number of pyridine rings is 1. The van der Waals surface area contributed by atoms with E-state index in [0.29, 0.717) is 18.7 Å². The Morgan fingerprint density at radius 1 is 1.40 bits per heavy atom. The summed E-state index contributed by atoms with van der Waals surface area (Å²) in [6, 6.07) is 9.28. The quantitative estimate of drug-likeness (QED) is 0.899. The lowest BCUT2D eigenvalue weighted by Gasteiger charge is -2.19. The third kappa shape index (κ3) is 3.45. The molecule has 0 spiro atoms. The molecule has 2 amide bonds. The topological polar surface area (TPSA) is 65.5 Å². The second kappa shape index (κ2) is 6.34. The maximum atomic E-state index is 12.1. The third-order valence-corrected chi connectivity index (χ3v) is 3.10. The van der Waals surface area contributed by atoms with Crippen LogP contribution in [-0.2, 0) is 0 Å². The van der Waals surface area contributed by atoms with Gasteiger partial charge in [-0.1, -0.05) is 18.2 Å². The standard InChI is InChI=1S/C15H19N3O2/c1-11(19)8-10-18(2)15(20)17-13-7-3-5-12-6-4-9-16-14(12)13/h3-7,9,11,19H,8,10H2,1-2H3,(H,17,20). The molecule has 0 aliphatic carbocycles. The summed E-state index contributed by atoms with van der Waals surface area (Å²) in [7, 11) is 1.70. The number of benzene rings is 1. The summed E-state index contributed by atoms with van der Waals surface area (Å²) in [5, 5.41) is 13.1. The van der Waals surface area contributed by atoms with E-state index in [1.54, 1.807) is 25.1 Å². The minimum absolute atomic E-state index is 0.205. The first-order valence-corrected chi connectivity index (χ1v) is 6.62. The summed E-state index contributed by atoms with van der Waals surface area (Å²) >= 11 is 0. The highest BCUT2D eigenvalue weighted by molar-refractivity contribution is 5.99. The molecule has 5 heteroatoms. The minimum Gasteiger partial charge on any atom is -0.393 e. The molecule has 0 fully saturated rings. The minimum atomic E-state index is -0.413. The zero-order chi connectivity index (χ0) is 14.5. The molecular formula is C15H19N3O2. The number of anilines is 1. The normalized spacial score (nSPS) is 12.2. The fourth-order valence-electron chi connectivity index (χ4n) is 1.90. The van der Waals surface area contributed by atoms with Gasteiger partial charge in [-0.2, -0.15) is 0 Å². The van der Waals surface area contributed by atoms with Gasteiger partial charge in [0.05, 0.1) is 17.3 Å². The number of hydrogen-bond donors (Lipinski definition) is 2. The van der Waals surface area contributed by atoms with Crippen LogP contribution in [-0.4, -0.2) is 40.7 Å². The number of hydrogen-bond acceptors (Lipinski definition) is 3. The van der Waals surface area contributed by atoms with Gasteiger partial charge in [-0.3, -0.25) is 4.98 Å². The number of aliphatic hydroxyl groups excluding tert-OH is 1. The average molecular weight is 273 g/mol. The number of nitrogens with zero attached hydrogens (tertiary/aromatic N) is 2. The van der Waals surface area contributed by atoms with Crippen molar-refractivity contribution in [2.75, 3.05) is 18.9 Å². The number of para-hydroxylation sites is 1. The summed E-state index contributed by atoms with van der Waals surface area (Å²) < 4.78 is 0. The van der Waals surface area contributed by atoms with Crippen molar-refractivity contribution >= 4 is 22.6 Å². The molecule has 2 rings (SSSR count). The number of aliphatic hydroxyl groups is 1. The molecule has 1 unspecified atom stereocenters. The number of carbonyl (C=O) groups excluding carboxylic acids is 1. The van der Waals surface area contributed by atoms with Crippen LogP contribution in [0.5, 0.6) is 0 Å². The summed E-state index contributed by atoms with van der Waals surface area (Å²) in [4.78, 5) is 17.9. The van der Waals surface area contributed by atoms with E-state index in [0.717, 1.165) is 10.9 Å². The van der Waals surface area contributed by atoms with Gasteiger partial charge >= 0.3 is 6.03 Å². The van der Waals surface area contributed by atoms with E-state index in [-0.39, 0.29) is 6.03 Å². The lowest BCUT2D eigenvalue weighted by Crippen LogP contribution is -2.33. The number of nitrogens with one attached hydrogen (secondary N) is 1. The van der Waals surface area contributed by atoms with Crippen LogP contribution >= 0.6 is 0 Å². The number of aromatic nitrogens is 1. The molecule has 0 aliphatic rings. The SMILES string of the molecule is CC(O)CCN(C)C(=O)Nc1cccc2cccnc12. The predicted molar refractivity (Wildman–Crippen MR) is 79.7 cm³/mol. The first-order valence-electron chi connectivity index (χ1n) is 6.62. The van der Waals surface area contributed by atoms with Crippen LogP contribution in [0.2, 0.25) is 0 Å². The Labute approximate surface area is 118 Å². The van der Waals surface area contributed by atoms with Crippen molar-refractivity contribution in [3.63, 3.8) is 0 Å². The van der Waals surface area contributed by atoms with Gasteiger partial charge in [0.2, 0.25) is 0 Å². The number of rotatable bonds is 4. The van der Waals surface area contributed by atoms with Gasteiger partial charge in [-0.05, 0) is 25.5 Å². The fourth-order valence-corrected chi connectivity index (χ4v) is 1.90. The maximum Gasteiger partial charge on any atom is 0.321 e. The maximum absolute atomic E-state index is 12.1. The highest BCUT2D eigenvalue weighted by Crippen LogP contribution is 2.20. The van der Waals surface area contributed by atoms with Crippen molar-refractivity contribution in [3.8, 4) is 0 Å². The molecule has 0 aliphatic heterocycles. The second-order valence-corrected chi connectivity index (χ2v) is 4.87. The van der Waals surface area contributed by atoms with E-state index >= 15 is 0 Å². The van der Waals surface area contributed by atoms with Gasteiger partial charge in [-0.25, -0.2) is 4.79 Å². The molecular weight excluding hydrogens is 254 g/mol. The highest BCUT2D eigenvalue weighted by Gasteiger charge is 2.11. The van der Waals surface area contributed by atoms with Crippen molar-refractivity contribution in [1.29, 1.82) is 0 Å². The van der Waals surface area contributed by atoms with Crippen molar-refractivity contribution in [2.24, 2.45) is 0 Å². The van der Waals surface area contributed by atoms with Crippen LogP contribution in [0.1, 0.15) is 13.3 Å². The molecule has 2 aromatic rings. The van der Waals surface area contributed by atoms with Gasteiger partial charge in [-0.15, -0.1) is 0 Å². The molecule has 1 heterocycles. The van der Waals surface area contributed by atoms with Crippen LogP contribution in [0.25, 0.3) is 10.9 Å². The summed E-state index contributed by atoms with van der Waals surface area (Å²) in [6.07, 6.45) is 1.84. The lowest BCUT2D eigenvalue weighted by atomic mass is 10.2. The van der Waals surface area contributed by atoms with E-state index in [1.165, 1.54) is 0 Å². The molecule has 1 aromatic heterocycles. The Hall–Kier alpha value is -2.14. The van der Waals surface area contributed by atoms with Gasteiger partial charge in [0, 0.05) is 25.2 Å². The van der Waals surface area contributed by atoms with E-state index in [9.17, 15) is 9.90 Å². The Kier molecular flexibility index (Phi) is 4.53. The summed E-state index contributed by atoms with van der Waals surface area (Å²) in [6.45, 7) is 2.21. The smallest absolute Gasteiger partial charge is 0.321 e. The molecule has 0 saturated heterocycles. The molecule has 0 saturated carbocycles. The molecule has 20 heavy (non-hydrogen) atoms. The second-order valence-electron chi connectivity index (χ2n) is 4.87.